The van der Waals surface area contributed by atoms with E-state index in [1.54, 1.807) is 0 Å². The Bertz CT molecular complexity index is 927. The van der Waals surface area contributed by atoms with Crippen molar-refractivity contribution in [2.75, 3.05) is 5.32 Å². The zero-order valence-corrected chi connectivity index (χ0v) is 16.5. The van der Waals surface area contributed by atoms with Crippen LogP contribution in [0.1, 0.15) is 41.4 Å². The summed E-state index contributed by atoms with van der Waals surface area (Å²) in [6.45, 7) is 7.08. The molecule has 0 spiro atoms. The van der Waals surface area contributed by atoms with Crippen molar-refractivity contribution in [3.63, 3.8) is 0 Å². The summed E-state index contributed by atoms with van der Waals surface area (Å²) in [7, 11) is 0. The average Bonchev–Trinajstić information content (AvgIpc) is 2.89. The molecule has 3 rings (SSSR count). The Morgan fingerprint density at radius 1 is 1.16 bits per heavy atom. The van der Waals surface area contributed by atoms with E-state index in [1.807, 2.05) is 44.2 Å². The third-order valence-electron chi connectivity index (χ3n) is 4.60. The Morgan fingerprint density at radius 3 is 2.64 bits per heavy atom. The summed E-state index contributed by atoms with van der Waals surface area (Å²) in [6, 6.07) is 14.1. The van der Waals surface area contributed by atoms with Crippen molar-refractivity contribution < 1.29 is 4.79 Å². The summed E-state index contributed by atoms with van der Waals surface area (Å²) < 4.78 is 3.15. The van der Waals surface area contributed by atoms with Crippen LogP contribution in [0.15, 0.2) is 46.9 Å². The summed E-state index contributed by atoms with van der Waals surface area (Å²) in [5.74, 6) is -0.0550. The highest BCUT2D eigenvalue weighted by Crippen LogP contribution is 2.27. The summed E-state index contributed by atoms with van der Waals surface area (Å²) in [4.78, 5) is 13.0. The van der Waals surface area contributed by atoms with Crippen LogP contribution >= 0.6 is 15.9 Å². The zero-order chi connectivity index (χ0) is 18.0. The Morgan fingerprint density at radius 2 is 1.92 bits per heavy atom. The first-order chi connectivity index (χ1) is 12.0. The molecule has 3 nitrogen and oxygen atoms in total. The number of hydrogen-bond donors (Lipinski definition) is 1. The number of aromatic nitrogens is 1. The van der Waals surface area contributed by atoms with E-state index in [2.05, 4.69) is 44.9 Å². The maximum atomic E-state index is 13.0. The number of halogens is 1. The van der Waals surface area contributed by atoms with E-state index in [0.717, 1.165) is 57.3 Å². The summed E-state index contributed by atoms with van der Waals surface area (Å²) in [6.07, 6.45) is 2.14. The van der Waals surface area contributed by atoms with Crippen molar-refractivity contribution in [3.05, 3.63) is 63.8 Å². The van der Waals surface area contributed by atoms with E-state index in [4.69, 9.17) is 0 Å². The Balaban J connectivity index is 2.02. The number of carbonyl (C=O) groups is 1. The van der Waals surface area contributed by atoms with E-state index in [1.165, 1.54) is 0 Å². The number of anilines is 1. The first-order valence-electron chi connectivity index (χ1n) is 8.68. The number of aryl methyl sites for hydroxylation is 3. The molecule has 1 heterocycles. The second-order valence-corrected chi connectivity index (χ2v) is 7.27. The molecule has 0 saturated heterocycles. The molecule has 1 N–H and O–H groups in total. The van der Waals surface area contributed by atoms with Crippen LogP contribution in [0.3, 0.4) is 0 Å². The van der Waals surface area contributed by atoms with Gasteiger partial charge in [0.25, 0.3) is 5.91 Å². The van der Waals surface area contributed by atoms with Crippen molar-refractivity contribution >= 4 is 38.4 Å². The van der Waals surface area contributed by atoms with E-state index >= 15 is 0 Å². The lowest BCUT2D eigenvalue weighted by molar-refractivity contribution is 0.101. The van der Waals surface area contributed by atoms with E-state index in [9.17, 15) is 4.79 Å². The highest BCUT2D eigenvalue weighted by molar-refractivity contribution is 9.10. The third kappa shape index (κ3) is 3.49. The second kappa shape index (κ2) is 7.44. The maximum Gasteiger partial charge on any atom is 0.272 e. The molecule has 3 aromatic rings. The number of amides is 1. The number of hydrogen-bond acceptors (Lipinski definition) is 1. The highest BCUT2D eigenvalue weighted by atomic mass is 79.9. The molecule has 130 valence electrons. The molecule has 25 heavy (non-hydrogen) atoms. The van der Waals surface area contributed by atoms with Gasteiger partial charge in [0.05, 0.1) is 0 Å². The molecule has 1 amide bonds. The van der Waals surface area contributed by atoms with Gasteiger partial charge in [-0.25, -0.2) is 0 Å². The quantitative estimate of drug-likeness (QED) is 0.555. The molecule has 4 heteroatoms. The van der Waals surface area contributed by atoms with Crippen LogP contribution < -0.4 is 5.32 Å². The van der Waals surface area contributed by atoms with Gasteiger partial charge in [0.1, 0.15) is 5.69 Å². The van der Waals surface area contributed by atoms with Gasteiger partial charge in [-0.2, -0.15) is 0 Å². The van der Waals surface area contributed by atoms with Gasteiger partial charge in [0, 0.05) is 27.6 Å². The van der Waals surface area contributed by atoms with Gasteiger partial charge < -0.3 is 9.88 Å². The summed E-state index contributed by atoms with van der Waals surface area (Å²) >= 11 is 3.53. The van der Waals surface area contributed by atoms with Crippen molar-refractivity contribution in [3.8, 4) is 0 Å². The smallest absolute Gasteiger partial charge is 0.272 e. The molecule has 0 radical (unpaired) electrons. The number of nitrogens with one attached hydrogen (secondary N) is 1. The van der Waals surface area contributed by atoms with Crippen LogP contribution in [-0.4, -0.2) is 10.5 Å². The molecule has 0 unspecified atom stereocenters. The molecular formula is C21H23BrN2O. The maximum absolute atomic E-state index is 13.0. The van der Waals surface area contributed by atoms with Crippen LogP contribution in [0.4, 0.5) is 5.69 Å². The van der Waals surface area contributed by atoms with Gasteiger partial charge in [-0.15, -0.1) is 0 Å². The number of carbonyl (C=O) groups excluding carboxylic acids is 1. The van der Waals surface area contributed by atoms with Gasteiger partial charge in [0.2, 0.25) is 0 Å². The van der Waals surface area contributed by atoms with Crippen LogP contribution in [0.5, 0.6) is 0 Å². The largest absolute Gasteiger partial charge is 0.336 e. The standard InChI is InChI=1S/C21H23BrN2O/c1-4-5-12-24-19-9-7-6-8-17(19)15(3)20(24)21(25)23-16-11-10-14(2)18(22)13-16/h6-11,13H,4-5,12H2,1-3H3,(H,23,25). The fourth-order valence-electron chi connectivity index (χ4n) is 3.18. The Hall–Kier alpha value is -2.07. The first-order valence-corrected chi connectivity index (χ1v) is 9.47. The van der Waals surface area contributed by atoms with Crippen LogP contribution in [0, 0.1) is 13.8 Å². The van der Waals surface area contributed by atoms with Crippen LogP contribution in [0.2, 0.25) is 0 Å². The Labute approximate surface area is 157 Å². The van der Waals surface area contributed by atoms with Gasteiger partial charge in [-0.05, 0) is 49.6 Å². The minimum absolute atomic E-state index is 0.0550. The lowest BCUT2D eigenvalue weighted by Gasteiger charge is -2.12. The van der Waals surface area contributed by atoms with E-state index in [0.29, 0.717) is 0 Å². The first kappa shape index (κ1) is 17.7. The summed E-state index contributed by atoms with van der Waals surface area (Å²) in [5, 5.41) is 4.20. The average molecular weight is 399 g/mol. The molecule has 2 aromatic carbocycles. The third-order valence-corrected chi connectivity index (χ3v) is 5.46. The SMILES string of the molecule is CCCCn1c(C(=O)Nc2ccc(C)c(Br)c2)c(C)c2ccccc21. The number of fused-ring (bicyclic) bond motifs is 1. The van der Waals surface area contributed by atoms with Crippen LogP contribution in [0.25, 0.3) is 10.9 Å². The molecule has 0 aliphatic carbocycles. The van der Waals surface area contributed by atoms with Crippen molar-refractivity contribution in [2.45, 2.75) is 40.2 Å². The molecule has 0 bridgehead atoms. The predicted octanol–water partition coefficient (Wildman–Crippen LogP) is 6.07. The number of rotatable bonds is 5. The molecule has 0 fully saturated rings. The lowest BCUT2D eigenvalue weighted by Crippen LogP contribution is -2.18. The number of para-hydroxylation sites is 1. The molecular weight excluding hydrogens is 376 g/mol. The van der Waals surface area contributed by atoms with Crippen molar-refractivity contribution in [1.29, 1.82) is 0 Å². The van der Waals surface area contributed by atoms with Gasteiger partial charge in [0.15, 0.2) is 0 Å². The van der Waals surface area contributed by atoms with Crippen molar-refractivity contribution in [2.24, 2.45) is 0 Å². The Kier molecular flexibility index (Phi) is 5.28. The molecule has 0 aliphatic heterocycles. The number of benzene rings is 2. The topological polar surface area (TPSA) is 34.0 Å². The van der Waals surface area contributed by atoms with Crippen molar-refractivity contribution in [1.82, 2.24) is 4.57 Å². The lowest BCUT2D eigenvalue weighted by atomic mass is 10.1. The number of unbranched alkanes of at least 4 members (excludes halogenated alkanes) is 1. The van der Waals surface area contributed by atoms with Gasteiger partial charge in [-0.3, -0.25) is 4.79 Å². The van der Waals surface area contributed by atoms with E-state index in [-0.39, 0.29) is 5.91 Å². The fraction of sp³-hybridized carbons (Fsp3) is 0.286. The van der Waals surface area contributed by atoms with E-state index < -0.39 is 0 Å². The van der Waals surface area contributed by atoms with Crippen LogP contribution in [-0.2, 0) is 6.54 Å². The predicted molar refractivity (Wildman–Crippen MR) is 108 cm³/mol. The molecule has 0 aliphatic rings. The zero-order valence-electron chi connectivity index (χ0n) is 14.9. The molecule has 1 aromatic heterocycles. The van der Waals surface area contributed by atoms with Gasteiger partial charge >= 0.3 is 0 Å². The number of nitrogens with zero attached hydrogens (tertiary/aromatic N) is 1. The normalized spacial score (nSPS) is 11.0. The second-order valence-electron chi connectivity index (χ2n) is 6.41. The fourth-order valence-corrected chi connectivity index (χ4v) is 3.56. The summed E-state index contributed by atoms with van der Waals surface area (Å²) in [5.41, 5.74) is 4.87. The molecule has 0 saturated carbocycles. The monoisotopic (exact) mass is 398 g/mol. The van der Waals surface area contributed by atoms with Gasteiger partial charge in [-0.1, -0.05) is 53.5 Å². The minimum Gasteiger partial charge on any atom is -0.336 e. The minimum atomic E-state index is -0.0550. The molecule has 0 atom stereocenters. The highest BCUT2D eigenvalue weighted by Gasteiger charge is 2.20.